The number of para-hydroxylation sites is 2. The van der Waals surface area contributed by atoms with Gasteiger partial charge in [-0.15, -0.1) is 0 Å². The van der Waals surface area contributed by atoms with Crippen LogP contribution in [-0.2, 0) is 0 Å². The van der Waals surface area contributed by atoms with Gasteiger partial charge < -0.3 is 9.80 Å². The molecule has 39 heavy (non-hydrogen) atoms. The Bertz CT molecular complexity index is 1440. The number of nitrogens with zero attached hydrogens (tertiary/aromatic N) is 2. The van der Waals surface area contributed by atoms with E-state index in [9.17, 15) is 0 Å². The van der Waals surface area contributed by atoms with Crippen LogP contribution in [0.5, 0.6) is 0 Å². The normalized spacial score (nSPS) is 11.2. The highest BCUT2D eigenvalue weighted by Crippen LogP contribution is 2.35. The van der Waals surface area contributed by atoms with Crippen LogP contribution in [0.2, 0.25) is 0 Å². The Morgan fingerprint density at radius 1 is 0.513 bits per heavy atom. The predicted octanol–water partition coefficient (Wildman–Crippen LogP) is 9.68. The third kappa shape index (κ3) is 5.97. The van der Waals surface area contributed by atoms with E-state index in [0.29, 0.717) is 0 Å². The number of allylic oxidation sites excluding steroid dienone is 1. The molecule has 0 spiro atoms. The van der Waals surface area contributed by atoms with Crippen molar-refractivity contribution in [2.45, 2.75) is 19.8 Å². The van der Waals surface area contributed by atoms with Crippen LogP contribution in [0.25, 0.3) is 6.08 Å². The molecule has 0 unspecified atom stereocenters. The fourth-order valence-electron chi connectivity index (χ4n) is 5.26. The first-order chi connectivity index (χ1) is 19.0. The quantitative estimate of drug-likeness (QED) is 0.206. The van der Waals surface area contributed by atoms with Crippen LogP contribution in [0.3, 0.4) is 0 Å². The summed E-state index contributed by atoms with van der Waals surface area (Å²) in [5, 5.41) is 0. The number of benzene rings is 5. The van der Waals surface area contributed by atoms with Crippen molar-refractivity contribution < 1.29 is 0 Å². The molecule has 0 aliphatic heterocycles. The molecule has 2 heteroatoms. The van der Waals surface area contributed by atoms with Crippen LogP contribution in [0, 0.1) is 13.8 Å². The topological polar surface area (TPSA) is 6.48 Å². The standard InChI is InChI=1S/C37H36N2/c1-28-26-31(21-24-36(28)38(3)33-16-10-6-11-17-33)35(23-20-30-14-8-5-9-15-30)32-22-25-37(29(2)27-32)39(4)34-18-12-7-13-19-34/h5-27,35H,1-4H3/b23-20+. The molecule has 0 aromatic heterocycles. The van der Waals surface area contributed by atoms with Crippen molar-refractivity contribution in [3.05, 3.63) is 161 Å². The van der Waals surface area contributed by atoms with E-state index in [1.807, 2.05) is 0 Å². The van der Waals surface area contributed by atoms with Crippen molar-refractivity contribution in [1.82, 2.24) is 0 Å². The molecule has 5 aromatic rings. The first-order valence-electron chi connectivity index (χ1n) is 13.5. The lowest BCUT2D eigenvalue weighted by Gasteiger charge is -2.25. The average molecular weight is 509 g/mol. The second-order valence-electron chi connectivity index (χ2n) is 10.1. The minimum Gasteiger partial charge on any atom is -0.344 e. The monoisotopic (exact) mass is 508 g/mol. The van der Waals surface area contributed by atoms with Crippen molar-refractivity contribution in [3.8, 4) is 0 Å². The molecule has 0 fully saturated rings. The molecule has 0 radical (unpaired) electrons. The van der Waals surface area contributed by atoms with Crippen LogP contribution in [0.1, 0.15) is 33.7 Å². The van der Waals surface area contributed by atoms with Crippen LogP contribution in [-0.4, -0.2) is 14.1 Å². The van der Waals surface area contributed by atoms with Gasteiger partial charge in [-0.25, -0.2) is 0 Å². The highest BCUT2D eigenvalue weighted by Gasteiger charge is 2.16. The molecular formula is C37H36N2. The van der Waals surface area contributed by atoms with Crippen molar-refractivity contribution in [1.29, 1.82) is 0 Å². The number of aryl methyl sites for hydroxylation is 2. The molecule has 0 atom stereocenters. The van der Waals surface area contributed by atoms with Gasteiger partial charge in [0.2, 0.25) is 0 Å². The largest absolute Gasteiger partial charge is 0.344 e. The smallest absolute Gasteiger partial charge is 0.0438 e. The first kappa shape index (κ1) is 26.1. The maximum atomic E-state index is 2.34. The predicted molar refractivity (Wildman–Crippen MR) is 169 cm³/mol. The van der Waals surface area contributed by atoms with E-state index in [-0.39, 0.29) is 5.92 Å². The molecule has 0 N–H and O–H groups in total. The highest BCUT2D eigenvalue weighted by atomic mass is 15.1. The van der Waals surface area contributed by atoms with Gasteiger partial charge in [0.1, 0.15) is 0 Å². The van der Waals surface area contributed by atoms with E-state index >= 15 is 0 Å². The molecule has 0 aliphatic carbocycles. The van der Waals surface area contributed by atoms with Gasteiger partial charge in [-0.05, 0) is 78.1 Å². The average Bonchev–Trinajstić information content (AvgIpc) is 2.98. The molecule has 0 saturated heterocycles. The van der Waals surface area contributed by atoms with Gasteiger partial charge in [-0.1, -0.05) is 103 Å². The van der Waals surface area contributed by atoms with E-state index in [4.69, 9.17) is 0 Å². The van der Waals surface area contributed by atoms with E-state index in [0.717, 1.165) is 0 Å². The van der Waals surface area contributed by atoms with Crippen molar-refractivity contribution in [2.75, 3.05) is 23.9 Å². The Hall–Kier alpha value is -4.56. The molecule has 0 heterocycles. The van der Waals surface area contributed by atoms with Crippen molar-refractivity contribution >= 4 is 28.8 Å². The van der Waals surface area contributed by atoms with Crippen molar-refractivity contribution in [3.63, 3.8) is 0 Å². The van der Waals surface area contributed by atoms with E-state index in [1.165, 1.54) is 50.6 Å². The Balaban J connectivity index is 1.51. The number of anilines is 4. The SMILES string of the molecule is Cc1cc(C(/C=C/c2ccccc2)c2ccc(N(C)c3ccccc3)c(C)c2)ccc1N(C)c1ccccc1. The molecule has 0 bridgehead atoms. The van der Waals surface area contributed by atoms with Gasteiger partial charge in [0.15, 0.2) is 0 Å². The maximum absolute atomic E-state index is 2.34. The second-order valence-corrected chi connectivity index (χ2v) is 10.1. The maximum Gasteiger partial charge on any atom is 0.0438 e. The lowest BCUT2D eigenvalue weighted by molar-refractivity contribution is 1.02. The fourth-order valence-corrected chi connectivity index (χ4v) is 5.26. The Labute approximate surface area is 233 Å². The summed E-state index contributed by atoms with van der Waals surface area (Å²) in [5.41, 5.74) is 11.1. The van der Waals surface area contributed by atoms with E-state index in [2.05, 4.69) is 177 Å². The minimum absolute atomic E-state index is 0.134. The van der Waals surface area contributed by atoms with Gasteiger partial charge in [0, 0.05) is 42.8 Å². The van der Waals surface area contributed by atoms with Gasteiger partial charge in [-0.2, -0.15) is 0 Å². The minimum atomic E-state index is 0.134. The summed E-state index contributed by atoms with van der Waals surface area (Å²) in [6.45, 7) is 4.42. The first-order valence-corrected chi connectivity index (χ1v) is 13.5. The van der Waals surface area contributed by atoms with Gasteiger partial charge >= 0.3 is 0 Å². The molecule has 5 aromatic carbocycles. The molecule has 5 rings (SSSR count). The van der Waals surface area contributed by atoms with Crippen LogP contribution < -0.4 is 9.80 Å². The molecule has 194 valence electrons. The zero-order chi connectivity index (χ0) is 27.2. The van der Waals surface area contributed by atoms with Gasteiger partial charge in [0.05, 0.1) is 0 Å². The number of hydrogen-bond acceptors (Lipinski definition) is 2. The summed E-state index contributed by atoms with van der Waals surface area (Å²) < 4.78 is 0. The third-order valence-electron chi connectivity index (χ3n) is 7.45. The fraction of sp³-hybridized carbons (Fsp3) is 0.135. The van der Waals surface area contributed by atoms with Crippen LogP contribution in [0.15, 0.2) is 133 Å². The molecule has 0 amide bonds. The summed E-state index contributed by atoms with van der Waals surface area (Å²) in [6, 6.07) is 45.3. The number of hydrogen-bond donors (Lipinski definition) is 0. The lowest BCUT2D eigenvalue weighted by Crippen LogP contribution is -2.12. The van der Waals surface area contributed by atoms with Gasteiger partial charge in [-0.3, -0.25) is 0 Å². The summed E-state index contributed by atoms with van der Waals surface area (Å²) >= 11 is 0. The Kier molecular flexibility index (Phi) is 7.94. The number of rotatable bonds is 8. The summed E-state index contributed by atoms with van der Waals surface area (Å²) in [4.78, 5) is 4.51. The summed E-state index contributed by atoms with van der Waals surface area (Å²) in [7, 11) is 4.27. The van der Waals surface area contributed by atoms with Gasteiger partial charge in [0.25, 0.3) is 0 Å². The second kappa shape index (κ2) is 11.9. The summed E-state index contributed by atoms with van der Waals surface area (Å²) in [6.07, 6.45) is 4.57. The lowest BCUT2D eigenvalue weighted by atomic mass is 9.88. The Morgan fingerprint density at radius 2 is 0.923 bits per heavy atom. The highest BCUT2D eigenvalue weighted by molar-refractivity contribution is 5.68. The molecule has 0 aliphatic rings. The van der Waals surface area contributed by atoms with E-state index < -0.39 is 0 Å². The van der Waals surface area contributed by atoms with E-state index in [1.54, 1.807) is 0 Å². The van der Waals surface area contributed by atoms with Crippen molar-refractivity contribution in [2.24, 2.45) is 0 Å². The summed E-state index contributed by atoms with van der Waals surface area (Å²) in [5.74, 6) is 0.134. The zero-order valence-corrected chi connectivity index (χ0v) is 23.3. The third-order valence-corrected chi connectivity index (χ3v) is 7.45. The molecule has 2 nitrogen and oxygen atoms in total. The molecule has 0 saturated carbocycles. The van der Waals surface area contributed by atoms with Crippen LogP contribution >= 0.6 is 0 Å². The van der Waals surface area contributed by atoms with Crippen LogP contribution in [0.4, 0.5) is 22.7 Å². The Morgan fingerprint density at radius 3 is 1.33 bits per heavy atom. The molecular weight excluding hydrogens is 472 g/mol. The zero-order valence-electron chi connectivity index (χ0n) is 23.3.